The molecule has 90 valence electrons. The lowest BCUT2D eigenvalue weighted by atomic mass is 10.2. The third-order valence-corrected chi connectivity index (χ3v) is 2.89. The third kappa shape index (κ3) is 2.73. The molecular weight excluding hydrogens is 284 g/mol. The molecule has 3 N–H and O–H groups in total. The number of nitrogens with one attached hydrogen (secondary N) is 1. The van der Waals surface area contributed by atoms with E-state index in [0.29, 0.717) is 22.9 Å². The summed E-state index contributed by atoms with van der Waals surface area (Å²) in [5.74, 6) is 0.928. The average Bonchev–Trinajstić information content (AvgIpc) is 2.56. The number of rotatable bonds is 3. The quantitative estimate of drug-likeness (QED) is 0.839. The Kier molecular flexibility index (Phi) is 3.28. The predicted molar refractivity (Wildman–Crippen MR) is 69.4 cm³/mol. The van der Waals surface area contributed by atoms with Crippen LogP contribution in [0.15, 0.2) is 16.9 Å². The van der Waals surface area contributed by atoms with E-state index >= 15 is 0 Å². The number of anilines is 2. The van der Waals surface area contributed by atoms with Gasteiger partial charge in [-0.05, 0) is 22.9 Å². The molecule has 0 unspecified atom stereocenters. The summed E-state index contributed by atoms with van der Waals surface area (Å²) in [7, 11) is 1.91. The van der Waals surface area contributed by atoms with Gasteiger partial charge in [0.2, 0.25) is 5.95 Å². The average molecular weight is 297 g/mol. The first-order chi connectivity index (χ1) is 8.06. The third-order valence-electron chi connectivity index (χ3n) is 2.49. The lowest BCUT2D eigenvalue weighted by Gasteiger charge is -2.05. The number of aromatic nitrogens is 4. The second kappa shape index (κ2) is 4.70. The Morgan fingerprint density at radius 3 is 2.82 bits per heavy atom. The van der Waals surface area contributed by atoms with Gasteiger partial charge < -0.3 is 11.1 Å². The molecule has 0 aromatic carbocycles. The molecule has 0 bridgehead atoms. The van der Waals surface area contributed by atoms with Crippen LogP contribution < -0.4 is 11.1 Å². The number of halogens is 1. The fourth-order valence-electron chi connectivity index (χ4n) is 1.41. The molecule has 2 aromatic rings. The Hall–Kier alpha value is -1.63. The molecule has 0 saturated heterocycles. The maximum absolute atomic E-state index is 5.62. The van der Waals surface area contributed by atoms with E-state index in [1.54, 1.807) is 6.07 Å². The van der Waals surface area contributed by atoms with E-state index in [1.165, 1.54) is 0 Å². The van der Waals surface area contributed by atoms with Gasteiger partial charge in [0.05, 0.1) is 6.20 Å². The van der Waals surface area contributed by atoms with Crippen LogP contribution in [0.5, 0.6) is 0 Å². The maximum atomic E-state index is 5.62. The Morgan fingerprint density at radius 2 is 2.24 bits per heavy atom. The standard InChI is InChI=1S/C10H13BrN6/c1-6-7(5-14-17(6)2)4-13-10-15-8(11)3-9(12)16-10/h3,5H,4H2,1-2H3,(H3,12,13,15,16). The molecular formula is C10H13BrN6. The Balaban J connectivity index is 2.09. The van der Waals surface area contributed by atoms with Crippen LogP contribution in [-0.2, 0) is 13.6 Å². The van der Waals surface area contributed by atoms with Gasteiger partial charge in [-0.2, -0.15) is 10.1 Å². The molecule has 2 rings (SSSR count). The molecule has 0 aliphatic heterocycles. The largest absolute Gasteiger partial charge is 0.383 e. The Morgan fingerprint density at radius 1 is 1.47 bits per heavy atom. The van der Waals surface area contributed by atoms with Crippen LogP contribution >= 0.6 is 15.9 Å². The molecule has 0 saturated carbocycles. The van der Waals surface area contributed by atoms with Crippen LogP contribution in [0.1, 0.15) is 11.3 Å². The number of nitrogen functional groups attached to an aromatic ring is 1. The summed E-state index contributed by atoms with van der Waals surface area (Å²) in [6, 6.07) is 1.65. The molecule has 7 heteroatoms. The van der Waals surface area contributed by atoms with Crippen molar-refractivity contribution in [2.45, 2.75) is 13.5 Å². The van der Waals surface area contributed by atoms with Crippen LogP contribution in [0, 0.1) is 6.92 Å². The second-order valence-corrected chi connectivity index (χ2v) is 4.48. The zero-order chi connectivity index (χ0) is 12.4. The zero-order valence-electron chi connectivity index (χ0n) is 9.61. The van der Waals surface area contributed by atoms with Gasteiger partial charge in [0.15, 0.2) is 0 Å². The Labute approximate surface area is 107 Å². The van der Waals surface area contributed by atoms with Crippen LogP contribution in [0.2, 0.25) is 0 Å². The highest BCUT2D eigenvalue weighted by molar-refractivity contribution is 9.10. The van der Waals surface area contributed by atoms with Crippen molar-refractivity contribution in [2.75, 3.05) is 11.1 Å². The minimum absolute atomic E-state index is 0.428. The number of nitrogens with two attached hydrogens (primary N) is 1. The van der Waals surface area contributed by atoms with E-state index < -0.39 is 0 Å². The van der Waals surface area contributed by atoms with E-state index in [-0.39, 0.29) is 0 Å². The van der Waals surface area contributed by atoms with Gasteiger partial charge in [-0.15, -0.1) is 0 Å². The predicted octanol–water partition coefficient (Wildman–Crippen LogP) is 1.48. The van der Waals surface area contributed by atoms with Crippen LogP contribution in [0.4, 0.5) is 11.8 Å². The first-order valence-electron chi connectivity index (χ1n) is 5.07. The van der Waals surface area contributed by atoms with E-state index in [2.05, 4.69) is 36.3 Å². The summed E-state index contributed by atoms with van der Waals surface area (Å²) in [5, 5.41) is 7.28. The van der Waals surface area contributed by atoms with Crippen molar-refractivity contribution in [1.29, 1.82) is 0 Å². The minimum Gasteiger partial charge on any atom is -0.383 e. The normalized spacial score (nSPS) is 10.5. The van der Waals surface area contributed by atoms with Crippen LogP contribution in [-0.4, -0.2) is 19.7 Å². The molecule has 0 spiro atoms. The lowest BCUT2D eigenvalue weighted by Crippen LogP contribution is -2.06. The summed E-state index contributed by atoms with van der Waals surface area (Å²) in [4.78, 5) is 8.26. The van der Waals surface area contributed by atoms with Gasteiger partial charge in [-0.25, -0.2) is 4.98 Å². The van der Waals surface area contributed by atoms with E-state index in [0.717, 1.165) is 11.3 Å². The smallest absolute Gasteiger partial charge is 0.225 e. The summed E-state index contributed by atoms with van der Waals surface area (Å²) in [6.07, 6.45) is 1.82. The minimum atomic E-state index is 0.428. The second-order valence-electron chi connectivity index (χ2n) is 3.67. The first kappa shape index (κ1) is 11.8. The van der Waals surface area contributed by atoms with E-state index in [9.17, 15) is 0 Å². The van der Waals surface area contributed by atoms with Gasteiger partial charge >= 0.3 is 0 Å². The molecule has 6 nitrogen and oxygen atoms in total. The molecule has 0 fully saturated rings. The van der Waals surface area contributed by atoms with Gasteiger partial charge in [0, 0.05) is 30.9 Å². The van der Waals surface area contributed by atoms with Crippen LogP contribution in [0.3, 0.4) is 0 Å². The van der Waals surface area contributed by atoms with Gasteiger partial charge in [0.25, 0.3) is 0 Å². The highest BCUT2D eigenvalue weighted by Crippen LogP contribution is 2.13. The fourth-order valence-corrected chi connectivity index (χ4v) is 1.81. The zero-order valence-corrected chi connectivity index (χ0v) is 11.2. The lowest BCUT2D eigenvalue weighted by molar-refractivity contribution is 0.738. The topological polar surface area (TPSA) is 81.7 Å². The van der Waals surface area contributed by atoms with Gasteiger partial charge in [0.1, 0.15) is 10.4 Å². The SMILES string of the molecule is Cc1c(CNc2nc(N)cc(Br)n2)cnn1C. The van der Waals surface area contributed by atoms with Crippen LogP contribution in [0.25, 0.3) is 0 Å². The fraction of sp³-hybridized carbons (Fsp3) is 0.300. The van der Waals surface area contributed by atoms with Crippen molar-refractivity contribution in [3.8, 4) is 0 Å². The maximum Gasteiger partial charge on any atom is 0.225 e. The molecule has 2 aromatic heterocycles. The molecule has 0 amide bonds. The van der Waals surface area contributed by atoms with Crippen molar-refractivity contribution in [3.63, 3.8) is 0 Å². The summed E-state index contributed by atoms with van der Waals surface area (Å²) >= 11 is 3.27. The number of hydrogen-bond donors (Lipinski definition) is 2. The van der Waals surface area contributed by atoms with Crippen molar-refractivity contribution < 1.29 is 0 Å². The highest BCUT2D eigenvalue weighted by atomic mass is 79.9. The van der Waals surface area contributed by atoms with Gasteiger partial charge in [-0.3, -0.25) is 4.68 Å². The molecule has 0 aliphatic rings. The number of nitrogens with zero attached hydrogens (tertiary/aromatic N) is 4. The van der Waals surface area contributed by atoms with Crippen molar-refractivity contribution in [3.05, 3.63) is 28.1 Å². The van der Waals surface area contributed by atoms with Crippen molar-refractivity contribution in [2.24, 2.45) is 7.05 Å². The van der Waals surface area contributed by atoms with Crippen molar-refractivity contribution >= 4 is 27.7 Å². The summed E-state index contributed by atoms with van der Waals surface area (Å²) in [5.41, 5.74) is 7.84. The van der Waals surface area contributed by atoms with Gasteiger partial charge in [-0.1, -0.05) is 0 Å². The molecule has 17 heavy (non-hydrogen) atoms. The molecule has 0 aliphatic carbocycles. The van der Waals surface area contributed by atoms with E-state index in [4.69, 9.17) is 5.73 Å². The van der Waals surface area contributed by atoms with Crippen molar-refractivity contribution in [1.82, 2.24) is 19.7 Å². The van der Waals surface area contributed by atoms with E-state index in [1.807, 2.05) is 24.9 Å². The highest BCUT2D eigenvalue weighted by Gasteiger charge is 2.05. The molecule has 2 heterocycles. The monoisotopic (exact) mass is 296 g/mol. The Bertz CT molecular complexity index is 515. The molecule has 0 atom stereocenters. The molecule has 0 radical (unpaired) electrons. The number of hydrogen-bond acceptors (Lipinski definition) is 5. The number of aryl methyl sites for hydroxylation is 1. The summed E-state index contributed by atoms with van der Waals surface area (Å²) < 4.78 is 2.49. The first-order valence-corrected chi connectivity index (χ1v) is 5.87. The summed E-state index contributed by atoms with van der Waals surface area (Å²) in [6.45, 7) is 2.63.